The van der Waals surface area contributed by atoms with Crippen molar-refractivity contribution in [2.45, 2.75) is 60.3 Å². The van der Waals surface area contributed by atoms with E-state index in [2.05, 4.69) is 91.0 Å². The Morgan fingerprint density at radius 2 is 1.91 bits per heavy atom. The van der Waals surface area contributed by atoms with Crippen LogP contribution in [0.4, 0.5) is 0 Å². The predicted molar refractivity (Wildman–Crippen MR) is 145 cm³/mol. The van der Waals surface area contributed by atoms with Crippen LogP contribution in [0.15, 0.2) is 72.1 Å². The molecule has 1 N–H and O–H groups in total. The fraction of sp³-hybridized carbons (Fsp3) is 0.533. The molecule has 2 saturated heterocycles. The van der Waals surface area contributed by atoms with Crippen molar-refractivity contribution in [3.05, 3.63) is 83.2 Å². The molecule has 0 amide bonds. The predicted octanol–water partition coefficient (Wildman–Crippen LogP) is 6.49. The largest absolute Gasteiger partial charge is 0.371 e. The van der Waals surface area contributed by atoms with Gasteiger partial charge in [-0.15, -0.1) is 0 Å². The number of likely N-dealkylation sites (tertiary alicyclic amines) is 1. The Kier molecular flexibility index (Phi) is 12.1. The van der Waals surface area contributed by atoms with E-state index in [0.717, 1.165) is 50.9 Å². The van der Waals surface area contributed by atoms with E-state index >= 15 is 0 Å². The Bertz CT molecular complexity index is 810. The van der Waals surface area contributed by atoms with E-state index in [0.29, 0.717) is 0 Å². The first-order valence-electron chi connectivity index (χ1n) is 13.0. The minimum absolute atomic E-state index is 0.727. The molecule has 2 heterocycles. The summed E-state index contributed by atoms with van der Waals surface area (Å²) in [7, 11) is 0. The smallest absolute Gasteiger partial charge is 0.0352 e. The van der Waals surface area contributed by atoms with Crippen molar-refractivity contribution in [1.82, 2.24) is 15.1 Å². The van der Waals surface area contributed by atoms with Crippen LogP contribution >= 0.6 is 0 Å². The van der Waals surface area contributed by atoms with Crippen molar-refractivity contribution < 1.29 is 0 Å². The summed E-state index contributed by atoms with van der Waals surface area (Å²) < 4.78 is 0. The number of hydrogen-bond acceptors (Lipinski definition) is 3. The molecule has 0 radical (unpaired) electrons. The van der Waals surface area contributed by atoms with E-state index < -0.39 is 0 Å². The second kappa shape index (κ2) is 14.8. The third kappa shape index (κ3) is 8.89. The lowest BCUT2D eigenvalue weighted by molar-refractivity contribution is 0.219. The van der Waals surface area contributed by atoms with Gasteiger partial charge in [0, 0.05) is 44.1 Å². The van der Waals surface area contributed by atoms with Crippen molar-refractivity contribution in [2.24, 2.45) is 5.92 Å². The zero-order valence-electron chi connectivity index (χ0n) is 21.9. The molecular formula is C30H47N3. The van der Waals surface area contributed by atoms with Gasteiger partial charge in [-0.05, 0) is 76.1 Å². The fourth-order valence-electron chi connectivity index (χ4n) is 4.91. The van der Waals surface area contributed by atoms with E-state index in [-0.39, 0.29) is 0 Å². The molecule has 3 nitrogen and oxygen atoms in total. The number of piperidine rings is 1. The summed E-state index contributed by atoms with van der Waals surface area (Å²) in [6.45, 7) is 21.5. The Labute approximate surface area is 203 Å². The average molecular weight is 450 g/mol. The highest BCUT2D eigenvalue weighted by molar-refractivity contribution is 5.33. The highest BCUT2D eigenvalue weighted by Gasteiger charge is 2.22. The lowest BCUT2D eigenvalue weighted by atomic mass is 9.90. The summed E-state index contributed by atoms with van der Waals surface area (Å²) >= 11 is 0. The number of hydrogen-bond donors (Lipinski definition) is 1. The van der Waals surface area contributed by atoms with Gasteiger partial charge in [-0.2, -0.15) is 0 Å². The molecule has 182 valence electrons. The van der Waals surface area contributed by atoms with Gasteiger partial charge < -0.3 is 15.1 Å². The van der Waals surface area contributed by atoms with Gasteiger partial charge in [-0.3, -0.25) is 0 Å². The second-order valence-electron chi connectivity index (χ2n) is 9.11. The molecule has 0 aromatic heterocycles. The number of allylic oxidation sites excluding steroid dienone is 5. The Balaban J connectivity index is 0.00000187. The first-order valence-corrected chi connectivity index (χ1v) is 13.0. The molecule has 0 saturated carbocycles. The zero-order valence-corrected chi connectivity index (χ0v) is 21.9. The van der Waals surface area contributed by atoms with Crippen molar-refractivity contribution in [1.29, 1.82) is 0 Å². The summed E-state index contributed by atoms with van der Waals surface area (Å²) in [5, 5.41) is 3.45. The standard InChI is InChI=1S/C28H41N3.C2H6/c1-5-28(24(3)11-7-12-25(4)30-18-9-15-29-16-19-30)31-17-8-14-27(22-31)21-26-13-6-10-23(2)20-26;1-2/h5-7,10-13,20,27,29H,4,8-9,14-19,21-22H2,1-3H3;1-2H3/b12-7-,24-11+,28-5-;. The van der Waals surface area contributed by atoms with E-state index in [1.165, 1.54) is 48.1 Å². The molecule has 1 aromatic rings. The lowest BCUT2D eigenvalue weighted by Gasteiger charge is -2.36. The van der Waals surface area contributed by atoms with Crippen LogP contribution in [-0.4, -0.2) is 49.1 Å². The van der Waals surface area contributed by atoms with Crippen LogP contribution in [0.5, 0.6) is 0 Å². The molecule has 2 fully saturated rings. The molecule has 1 atom stereocenters. The Hall–Kier alpha value is -2.26. The maximum atomic E-state index is 4.28. The van der Waals surface area contributed by atoms with Crippen molar-refractivity contribution in [3.8, 4) is 0 Å². The van der Waals surface area contributed by atoms with Crippen LogP contribution in [0.1, 0.15) is 58.1 Å². The number of nitrogens with zero attached hydrogens (tertiary/aromatic N) is 2. The third-order valence-corrected chi connectivity index (χ3v) is 6.53. The van der Waals surface area contributed by atoms with Gasteiger partial charge in [0.15, 0.2) is 0 Å². The zero-order chi connectivity index (χ0) is 24.1. The number of rotatable bonds is 7. The normalized spacial score (nSPS) is 20.3. The monoisotopic (exact) mass is 449 g/mol. The molecule has 0 bridgehead atoms. The van der Waals surface area contributed by atoms with E-state index in [1.54, 1.807) is 0 Å². The summed E-state index contributed by atoms with van der Waals surface area (Å²) in [5.41, 5.74) is 6.67. The van der Waals surface area contributed by atoms with E-state index in [9.17, 15) is 0 Å². The minimum atomic E-state index is 0.727. The van der Waals surface area contributed by atoms with Gasteiger partial charge in [-0.1, -0.05) is 68.5 Å². The molecular weight excluding hydrogens is 402 g/mol. The highest BCUT2D eigenvalue weighted by atomic mass is 15.2. The molecule has 2 aliphatic rings. The number of benzene rings is 1. The molecule has 1 aromatic carbocycles. The van der Waals surface area contributed by atoms with Gasteiger partial charge >= 0.3 is 0 Å². The van der Waals surface area contributed by atoms with Gasteiger partial charge in [0.05, 0.1) is 0 Å². The van der Waals surface area contributed by atoms with Crippen LogP contribution in [0, 0.1) is 12.8 Å². The van der Waals surface area contributed by atoms with Crippen molar-refractivity contribution in [3.63, 3.8) is 0 Å². The van der Waals surface area contributed by atoms with Gasteiger partial charge in [0.1, 0.15) is 0 Å². The van der Waals surface area contributed by atoms with Crippen LogP contribution < -0.4 is 5.32 Å². The summed E-state index contributed by atoms with van der Waals surface area (Å²) in [6.07, 6.45) is 13.8. The maximum Gasteiger partial charge on any atom is 0.0352 e. The average Bonchev–Trinajstić information content (AvgIpc) is 3.11. The highest BCUT2D eigenvalue weighted by Crippen LogP contribution is 2.26. The van der Waals surface area contributed by atoms with Gasteiger partial charge in [-0.25, -0.2) is 0 Å². The quantitative estimate of drug-likeness (QED) is 0.480. The first kappa shape index (κ1) is 27.0. The lowest BCUT2D eigenvalue weighted by Crippen LogP contribution is -2.36. The molecule has 3 heteroatoms. The van der Waals surface area contributed by atoms with E-state index in [1.807, 2.05) is 13.8 Å². The van der Waals surface area contributed by atoms with Crippen molar-refractivity contribution in [2.75, 3.05) is 39.3 Å². The van der Waals surface area contributed by atoms with Crippen LogP contribution in [0.25, 0.3) is 0 Å². The second-order valence-corrected chi connectivity index (χ2v) is 9.11. The van der Waals surface area contributed by atoms with Crippen LogP contribution in [0.3, 0.4) is 0 Å². The summed E-state index contributed by atoms with van der Waals surface area (Å²) in [6, 6.07) is 9.01. The van der Waals surface area contributed by atoms with Crippen LogP contribution in [0.2, 0.25) is 0 Å². The van der Waals surface area contributed by atoms with Crippen molar-refractivity contribution >= 4 is 0 Å². The van der Waals surface area contributed by atoms with E-state index in [4.69, 9.17) is 0 Å². The Morgan fingerprint density at radius 1 is 1.12 bits per heavy atom. The molecule has 3 rings (SSSR count). The summed E-state index contributed by atoms with van der Waals surface area (Å²) in [5.74, 6) is 0.727. The molecule has 0 spiro atoms. The first-order chi connectivity index (χ1) is 16.1. The summed E-state index contributed by atoms with van der Waals surface area (Å²) in [4.78, 5) is 4.98. The fourth-order valence-corrected chi connectivity index (χ4v) is 4.91. The SMILES string of the molecule is C=C(\C=C/C=C(C)/C(=C/C)N1CCCC(Cc2cccc(C)c2)C1)N1CCCNCC1.CC. The molecule has 33 heavy (non-hydrogen) atoms. The minimum Gasteiger partial charge on any atom is -0.371 e. The Morgan fingerprint density at radius 3 is 2.67 bits per heavy atom. The molecule has 1 unspecified atom stereocenters. The van der Waals surface area contributed by atoms with Gasteiger partial charge in [0.25, 0.3) is 0 Å². The van der Waals surface area contributed by atoms with Crippen LogP contribution in [-0.2, 0) is 6.42 Å². The van der Waals surface area contributed by atoms with Gasteiger partial charge in [0.2, 0.25) is 0 Å². The number of aryl methyl sites for hydroxylation is 1. The molecule has 2 aliphatic heterocycles. The molecule has 0 aliphatic carbocycles. The topological polar surface area (TPSA) is 18.5 Å². The number of nitrogens with one attached hydrogen (secondary N) is 1. The third-order valence-electron chi connectivity index (χ3n) is 6.53. The maximum absolute atomic E-state index is 4.28.